The van der Waals surface area contributed by atoms with Crippen LogP contribution < -0.4 is 25.0 Å². The molecule has 0 aliphatic heterocycles. The highest BCUT2D eigenvalue weighted by atomic mass is 35.5. The van der Waals surface area contributed by atoms with Crippen LogP contribution in [0.5, 0.6) is 17.2 Å². The van der Waals surface area contributed by atoms with Gasteiger partial charge in [-0.05, 0) is 73.4 Å². The molecule has 0 heterocycles. The summed E-state index contributed by atoms with van der Waals surface area (Å²) in [6.07, 6.45) is 3.74. The molecule has 0 aromatic heterocycles. The average molecular weight is 613 g/mol. The molecule has 1 atom stereocenters. The number of hydrogen-bond acceptors (Lipinski definition) is 6. The Morgan fingerprint density at radius 3 is 2.36 bits per heavy atom. The minimum Gasteiger partial charge on any atom is -0.497 e. The number of carbonyl (C=O) groups excluding carboxylic acids is 2. The van der Waals surface area contributed by atoms with Gasteiger partial charge in [0.25, 0.3) is 5.91 Å². The lowest BCUT2D eigenvalue weighted by molar-refractivity contribution is -0.134. The van der Waals surface area contributed by atoms with Crippen LogP contribution in [-0.2, 0) is 22.6 Å². The third-order valence-corrected chi connectivity index (χ3v) is 6.77. The number of benzene rings is 3. The zero-order valence-corrected chi connectivity index (χ0v) is 25.6. The Hall–Kier alpha value is -4.01. The van der Waals surface area contributed by atoms with Gasteiger partial charge in [-0.3, -0.25) is 9.59 Å². The summed E-state index contributed by atoms with van der Waals surface area (Å²) in [7, 11) is 1.56. The number of amides is 2. The molecular formula is C32H35Cl2N3O5. The molecule has 0 fully saturated rings. The van der Waals surface area contributed by atoms with E-state index in [1.165, 1.54) is 6.21 Å². The second-order valence-electron chi connectivity index (χ2n) is 9.63. The quantitative estimate of drug-likeness (QED) is 0.0879. The van der Waals surface area contributed by atoms with Crippen molar-refractivity contribution >= 4 is 46.9 Å². The van der Waals surface area contributed by atoms with E-state index in [-0.39, 0.29) is 12.5 Å². The predicted molar refractivity (Wildman–Crippen MR) is 168 cm³/mol. The fourth-order valence-electron chi connectivity index (χ4n) is 4.14. The van der Waals surface area contributed by atoms with Crippen LogP contribution in [0, 0.1) is 11.8 Å². The van der Waals surface area contributed by atoms with Crippen LogP contribution in [0.2, 0.25) is 10.0 Å². The van der Waals surface area contributed by atoms with Gasteiger partial charge in [0.1, 0.15) is 18.3 Å². The number of anilines is 1. The second-order valence-corrected chi connectivity index (χ2v) is 10.5. The van der Waals surface area contributed by atoms with Crippen molar-refractivity contribution in [3.8, 4) is 17.2 Å². The molecule has 10 heteroatoms. The van der Waals surface area contributed by atoms with Gasteiger partial charge in [-0.15, -0.1) is 6.58 Å². The maximum atomic E-state index is 13.0. The van der Waals surface area contributed by atoms with Crippen molar-refractivity contribution < 1.29 is 23.8 Å². The van der Waals surface area contributed by atoms with Crippen LogP contribution in [0.1, 0.15) is 37.5 Å². The zero-order valence-electron chi connectivity index (χ0n) is 24.1. The number of carbonyl (C=O) groups is 2. The molecule has 1 unspecified atom stereocenters. The molecule has 0 saturated heterocycles. The number of nitrogens with one attached hydrogen (secondary N) is 2. The van der Waals surface area contributed by atoms with Crippen LogP contribution in [0.3, 0.4) is 0 Å². The van der Waals surface area contributed by atoms with Crippen LogP contribution >= 0.6 is 23.2 Å². The molecule has 2 N–H and O–H groups in total. The molecule has 222 valence electrons. The van der Waals surface area contributed by atoms with E-state index >= 15 is 0 Å². The van der Waals surface area contributed by atoms with Crippen molar-refractivity contribution in [2.24, 2.45) is 16.9 Å². The number of ether oxygens (including phenoxy) is 3. The van der Waals surface area contributed by atoms with E-state index < -0.39 is 17.7 Å². The van der Waals surface area contributed by atoms with Crippen molar-refractivity contribution in [3.05, 3.63) is 94.0 Å². The molecule has 3 rings (SSSR count). The van der Waals surface area contributed by atoms with Gasteiger partial charge in [-0.25, -0.2) is 5.43 Å². The van der Waals surface area contributed by atoms with E-state index in [4.69, 9.17) is 37.4 Å². The smallest absolute Gasteiger partial charge is 0.252 e. The molecular weight excluding hydrogens is 577 g/mol. The standard InChI is InChI=1S/C32H35Cl2N3O5/c1-6-8-22-15-21(16-28(41-7-2)30(22)42-19-23-9-10-24(33)17-27(23)34)18-35-37-32(39)29(20(3)4)31(38)36-25-11-13-26(40-5)14-12-25/h6,9-18,20,29H,1,7-8,19H2,2-5H3,(H,36,38)(H,37,39). The Balaban J connectivity index is 1.76. The SMILES string of the molecule is C=CCc1cc(C=NNC(=O)C(C(=O)Nc2ccc(OC)cc2)C(C)C)cc(OCC)c1OCc1ccc(Cl)cc1Cl. The maximum Gasteiger partial charge on any atom is 0.252 e. The van der Waals surface area contributed by atoms with Crippen molar-refractivity contribution in [1.29, 1.82) is 0 Å². The molecule has 3 aromatic carbocycles. The van der Waals surface area contributed by atoms with E-state index in [2.05, 4.69) is 22.4 Å². The normalized spacial score (nSPS) is 11.7. The van der Waals surface area contributed by atoms with E-state index in [0.717, 1.165) is 11.1 Å². The molecule has 0 radical (unpaired) electrons. The lowest BCUT2D eigenvalue weighted by Crippen LogP contribution is -2.39. The summed E-state index contributed by atoms with van der Waals surface area (Å²) in [6, 6.07) is 15.7. The van der Waals surface area contributed by atoms with Crippen LogP contribution in [0.15, 0.2) is 72.4 Å². The van der Waals surface area contributed by atoms with Crippen molar-refractivity contribution in [2.75, 3.05) is 19.0 Å². The highest BCUT2D eigenvalue weighted by Gasteiger charge is 2.30. The zero-order chi connectivity index (χ0) is 30.6. The third kappa shape index (κ3) is 8.99. The molecule has 0 aliphatic rings. The van der Waals surface area contributed by atoms with E-state index in [1.54, 1.807) is 69.5 Å². The van der Waals surface area contributed by atoms with Gasteiger partial charge >= 0.3 is 0 Å². The summed E-state index contributed by atoms with van der Waals surface area (Å²) in [5, 5.41) is 7.95. The van der Waals surface area contributed by atoms with Crippen LogP contribution in [0.4, 0.5) is 5.69 Å². The summed E-state index contributed by atoms with van der Waals surface area (Å²) >= 11 is 12.3. The van der Waals surface area contributed by atoms with Gasteiger partial charge in [-0.1, -0.05) is 49.2 Å². The number of hydrogen-bond donors (Lipinski definition) is 2. The summed E-state index contributed by atoms with van der Waals surface area (Å²) < 4.78 is 17.2. The molecule has 0 spiro atoms. The fourth-order valence-corrected chi connectivity index (χ4v) is 4.60. The highest BCUT2D eigenvalue weighted by molar-refractivity contribution is 6.35. The van der Waals surface area contributed by atoms with Gasteiger partial charge in [0.2, 0.25) is 5.91 Å². The van der Waals surface area contributed by atoms with Gasteiger partial charge in [0.05, 0.1) is 19.9 Å². The van der Waals surface area contributed by atoms with Gasteiger partial charge < -0.3 is 19.5 Å². The lowest BCUT2D eigenvalue weighted by Gasteiger charge is -2.19. The fraction of sp³-hybridized carbons (Fsp3) is 0.281. The number of allylic oxidation sites excluding steroid dienone is 1. The number of nitrogens with zero attached hydrogens (tertiary/aromatic N) is 1. The summed E-state index contributed by atoms with van der Waals surface area (Å²) in [5.74, 6) is -0.467. The molecule has 0 aliphatic carbocycles. The number of rotatable bonds is 14. The van der Waals surface area contributed by atoms with Gasteiger partial charge in [0, 0.05) is 26.9 Å². The average Bonchev–Trinajstić information content (AvgIpc) is 2.94. The minimum absolute atomic E-state index is 0.207. The first kappa shape index (κ1) is 32.5. The Morgan fingerprint density at radius 2 is 1.74 bits per heavy atom. The second kappa shape index (κ2) is 15.8. The summed E-state index contributed by atoms with van der Waals surface area (Å²) in [5.41, 5.74) is 5.31. The van der Waals surface area contributed by atoms with E-state index in [0.29, 0.717) is 51.6 Å². The Morgan fingerprint density at radius 1 is 1.00 bits per heavy atom. The largest absolute Gasteiger partial charge is 0.497 e. The first-order valence-corrected chi connectivity index (χ1v) is 14.2. The Kier molecular flexibility index (Phi) is 12.3. The lowest BCUT2D eigenvalue weighted by atomic mass is 9.94. The molecule has 42 heavy (non-hydrogen) atoms. The molecule has 3 aromatic rings. The van der Waals surface area contributed by atoms with E-state index in [9.17, 15) is 9.59 Å². The first-order valence-electron chi connectivity index (χ1n) is 13.4. The predicted octanol–water partition coefficient (Wildman–Crippen LogP) is 7.07. The highest BCUT2D eigenvalue weighted by Crippen LogP contribution is 2.35. The van der Waals surface area contributed by atoms with E-state index in [1.807, 2.05) is 19.1 Å². The van der Waals surface area contributed by atoms with Crippen molar-refractivity contribution in [1.82, 2.24) is 5.43 Å². The topological polar surface area (TPSA) is 98.3 Å². The number of hydrazone groups is 1. The molecule has 8 nitrogen and oxygen atoms in total. The van der Waals surface area contributed by atoms with Crippen LogP contribution in [-0.4, -0.2) is 31.7 Å². The molecule has 2 amide bonds. The van der Waals surface area contributed by atoms with Crippen LogP contribution in [0.25, 0.3) is 0 Å². The Labute approximate surface area is 256 Å². The summed E-state index contributed by atoms with van der Waals surface area (Å²) in [4.78, 5) is 25.9. The summed E-state index contributed by atoms with van der Waals surface area (Å²) in [6.45, 7) is 9.94. The van der Waals surface area contributed by atoms with Gasteiger partial charge in [0.15, 0.2) is 11.5 Å². The minimum atomic E-state index is -0.963. The molecule has 0 bridgehead atoms. The Bertz CT molecular complexity index is 1420. The number of methoxy groups -OCH3 is 1. The monoisotopic (exact) mass is 611 g/mol. The van der Waals surface area contributed by atoms with Crippen molar-refractivity contribution in [2.45, 2.75) is 33.8 Å². The van der Waals surface area contributed by atoms with Crippen molar-refractivity contribution in [3.63, 3.8) is 0 Å². The number of halogens is 2. The maximum absolute atomic E-state index is 13.0. The molecule has 0 saturated carbocycles. The van der Waals surface area contributed by atoms with Gasteiger partial charge in [-0.2, -0.15) is 5.10 Å². The first-order chi connectivity index (χ1) is 20.2. The third-order valence-electron chi connectivity index (χ3n) is 6.18.